The van der Waals surface area contributed by atoms with E-state index in [4.69, 9.17) is 6.57 Å². The molecule has 0 heterocycles. The van der Waals surface area contributed by atoms with Gasteiger partial charge in [0.25, 0.3) is 6.54 Å². The van der Waals surface area contributed by atoms with Crippen LogP contribution in [0.1, 0.15) is 41.0 Å². The molecule has 0 aliphatic rings. The molecule has 0 saturated carbocycles. The summed E-state index contributed by atoms with van der Waals surface area (Å²) in [6.45, 7) is 16.9. The molecule has 0 aliphatic carbocycles. The Labute approximate surface area is 86.7 Å². The average molecular weight is 196 g/mol. The molecule has 0 unspecified atom stereocenters. The van der Waals surface area contributed by atoms with Crippen LogP contribution in [0, 0.1) is 12.0 Å². The molecule has 0 atom stereocenters. The third-order valence-electron chi connectivity index (χ3n) is 1.67. The van der Waals surface area contributed by atoms with Crippen molar-refractivity contribution in [1.82, 2.24) is 5.32 Å². The van der Waals surface area contributed by atoms with Crippen molar-refractivity contribution in [2.75, 3.05) is 6.54 Å². The molecule has 0 fully saturated rings. The van der Waals surface area contributed by atoms with Crippen LogP contribution >= 0.6 is 0 Å². The van der Waals surface area contributed by atoms with E-state index < -0.39 is 0 Å². The van der Waals surface area contributed by atoms with Gasteiger partial charge in [0.2, 0.25) is 0 Å². The van der Waals surface area contributed by atoms with Gasteiger partial charge in [0.05, 0.1) is 0 Å². The van der Waals surface area contributed by atoms with Crippen LogP contribution in [-0.2, 0) is 4.79 Å². The van der Waals surface area contributed by atoms with Crippen molar-refractivity contribution in [2.24, 2.45) is 5.41 Å². The molecule has 3 heteroatoms. The minimum absolute atomic E-state index is 0.0758. The van der Waals surface area contributed by atoms with Crippen molar-refractivity contribution >= 4 is 5.91 Å². The van der Waals surface area contributed by atoms with Crippen LogP contribution in [0.25, 0.3) is 4.85 Å². The number of rotatable bonds is 3. The Morgan fingerprint density at radius 1 is 1.29 bits per heavy atom. The van der Waals surface area contributed by atoms with E-state index in [1.54, 1.807) is 0 Å². The first-order chi connectivity index (χ1) is 6.16. The predicted octanol–water partition coefficient (Wildman–Crippen LogP) is 2.24. The van der Waals surface area contributed by atoms with E-state index >= 15 is 0 Å². The molecular weight excluding hydrogens is 176 g/mol. The van der Waals surface area contributed by atoms with E-state index in [0.717, 1.165) is 6.42 Å². The number of hydrogen-bond acceptors (Lipinski definition) is 1. The van der Waals surface area contributed by atoms with Crippen molar-refractivity contribution in [3.05, 3.63) is 11.4 Å². The highest BCUT2D eigenvalue weighted by Crippen LogP contribution is 2.26. The zero-order valence-electron chi connectivity index (χ0n) is 9.77. The summed E-state index contributed by atoms with van der Waals surface area (Å²) in [6, 6.07) is 0. The molecule has 0 saturated heterocycles. The fourth-order valence-electron chi connectivity index (χ4n) is 1.86. The number of carbonyl (C=O) groups is 1. The molecule has 14 heavy (non-hydrogen) atoms. The van der Waals surface area contributed by atoms with Crippen LogP contribution in [0.4, 0.5) is 0 Å². The SMILES string of the molecule is [C-]#[N+]CC(=O)NC(C)(C)CC(C)(C)C. The number of hydrogen-bond donors (Lipinski definition) is 1. The first-order valence-corrected chi connectivity index (χ1v) is 4.80. The van der Waals surface area contributed by atoms with E-state index in [9.17, 15) is 4.79 Å². The van der Waals surface area contributed by atoms with Crippen LogP contribution in [0.3, 0.4) is 0 Å². The van der Waals surface area contributed by atoms with Gasteiger partial charge >= 0.3 is 5.91 Å². The average Bonchev–Trinajstić information content (AvgIpc) is 1.78. The maximum absolute atomic E-state index is 11.2. The summed E-state index contributed by atoms with van der Waals surface area (Å²) < 4.78 is 0. The highest BCUT2D eigenvalue weighted by molar-refractivity contribution is 5.80. The molecule has 1 amide bonds. The highest BCUT2D eigenvalue weighted by Gasteiger charge is 2.27. The number of nitrogens with zero attached hydrogens (tertiary/aromatic N) is 1. The van der Waals surface area contributed by atoms with Gasteiger partial charge < -0.3 is 10.2 Å². The van der Waals surface area contributed by atoms with Gasteiger partial charge in [-0.25, -0.2) is 6.57 Å². The van der Waals surface area contributed by atoms with Crippen molar-refractivity contribution in [2.45, 2.75) is 46.6 Å². The normalized spacial score (nSPS) is 12.0. The molecule has 0 spiro atoms. The Balaban J connectivity index is 4.22. The molecule has 3 nitrogen and oxygen atoms in total. The molecule has 0 rings (SSSR count). The molecule has 1 N–H and O–H groups in total. The molecule has 0 aliphatic heterocycles. The van der Waals surface area contributed by atoms with E-state index in [1.165, 1.54) is 0 Å². The lowest BCUT2D eigenvalue weighted by atomic mass is 9.82. The van der Waals surface area contributed by atoms with Crippen LogP contribution in [0.2, 0.25) is 0 Å². The second kappa shape index (κ2) is 4.45. The van der Waals surface area contributed by atoms with Crippen molar-refractivity contribution in [1.29, 1.82) is 0 Å². The highest BCUT2D eigenvalue weighted by atomic mass is 16.2. The summed E-state index contributed by atoms with van der Waals surface area (Å²) >= 11 is 0. The summed E-state index contributed by atoms with van der Waals surface area (Å²) in [4.78, 5) is 14.3. The van der Waals surface area contributed by atoms with Gasteiger partial charge in [-0.15, -0.1) is 0 Å². The minimum Gasteiger partial charge on any atom is -0.345 e. The van der Waals surface area contributed by atoms with Crippen molar-refractivity contribution in [3.63, 3.8) is 0 Å². The second-order valence-electron chi connectivity index (χ2n) is 5.49. The number of carbonyl (C=O) groups excluding carboxylic acids is 1. The van der Waals surface area contributed by atoms with E-state index in [0.29, 0.717) is 0 Å². The van der Waals surface area contributed by atoms with Gasteiger partial charge in [0.1, 0.15) is 0 Å². The van der Waals surface area contributed by atoms with Crippen molar-refractivity contribution in [3.8, 4) is 0 Å². The minimum atomic E-state index is -0.236. The summed E-state index contributed by atoms with van der Waals surface area (Å²) in [7, 11) is 0. The zero-order chi connectivity index (χ0) is 11.4. The topological polar surface area (TPSA) is 33.5 Å². The third-order valence-corrected chi connectivity index (χ3v) is 1.67. The molecule has 0 aromatic carbocycles. The van der Waals surface area contributed by atoms with Gasteiger partial charge in [-0.3, -0.25) is 4.79 Å². The van der Waals surface area contributed by atoms with E-state index in [1.807, 2.05) is 13.8 Å². The van der Waals surface area contributed by atoms with Gasteiger partial charge in [-0.1, -0.05) is 20.8 Å². The number of amides is 1. The summed E-state index contributed by atoms with van der Waals surface area (Å²) in [5, 5.41) is 2.86. The Kier molecular flexibility index (Phi) is 4.12. The maximum Gasteiger partial charge on any atom is 0.300 e. The fraction of sp³-hybridized carbons (Fsp3) is 0.818. The van der Waals surface area contributed by atoms with Crippen molar-refractivity contribution < 1.29 is 4.79 Å². The second-order valence-corrected chi connectivity index (χ2v) is 5.49. The fourth-order valence-corrected chi connectivity index (χ4v) is 1.86. The first kappa shape index (κ1) is 13.0. The van der Waals surface area contributed by atoms with Gasteiger partial charge in [0, 0.05) is 5.54 Å². The van der Waals surface area contributed by atoms with Crippen LogP contribution in [0.5, 0.6) is 0 Å². The smallest absolute Gasteiger partial charge is 0.300 e. The summed E-state index contributed by atoms with van der Waals surface area (Å²) in [6.07, 6.45) is 0.893. The maximum atomic E-state index is 11.2. The third kappa shape index (κ3) is 6.47. The lowest BCUT2D eigenvalue weighted by molar-refractivity contribution is -0.121. The summed E-state index contributed by atoms with van der Waals surface area (Å²) in [5.41, 5.74) is -0.0606. The van der Waals surface area contributed by atoms with Gasteiger partial charge in [-0.2, -0.15) is 0 Å². The van der Waals surface area contributed by atoms with Crippen LogP contribution in [0.15, 0.2) is 0 Å². The molecule has 0 radical (unpaired) electrons. The molecule has 80 valence electrons. The molecule has 0 aromatic heterocycles. The lowest BCUT2D eigenvalue weighted by Crippen LogP contribution is -2.46. The molecule has 0 aromatic rings. The standard InChI is InChI=1S/C11H20N2O/c1-10(2,3)8-11(4,5)13-9(14)7-12-6/h7-8H2,1-5H3,(H,13,14). The largest absolute Gasteiger partial charge is 0.345 e. The molecular formula is C11H20N2O. The monoisotopic (exact) mass is 196 g/mol. The Hall–Kier alpha value is -1.04. The zero-order valence-corrected chi connectivity index (χ0v) is 9.77. The van der Waals surface area contributed by atoms with E-state index in [2.05, 4.69) is 30.9 Å². The van der Waals surface area contributed by atoms with Gasteiger partial charge in [0.15, 0.2) is 0 Å². The first-order valence-electron chi connectivity index (χ1n) is 4.80. The Bertz CT molecular complexity index is 243. The van der Waals surface area contributed by atoms with Crippen LogP contribution in [-0.4, -0.2) is 18.0 Å². The number of nitrogens with one attached hydrogen (secondary N) is 1. The molecule has 0 bridgehead atoms. The predicted molar refractivity (Wildman–Crippen MR) is 57.8 cm³/mol. The van der Waals surface area contributed by atoms with Gasteiger partial charge in [-0.05, 0) is 25.7 Å². The van der Waals surface area contributed by atoms with Crippen LogP contribution < -0.4 is 5.32 Å². The Morgan fingerprint density at radius 3 is 2.14 bits per heavy atom. The Morgan fingerprint density at radius 2 is 1.79 bits per heavy atom. The lowest BCUT2D eigenvalue weighted by Gasteiger charge is -2.32. The quantitative estimate of drug-likeness (QED) is 0.690. The summed E-state index contributed by atoms with van der Waals surface area (Å²) in [5.74, 6) is -0.186. The van der Waals surface area contributed by atoms with E-state index in [-0.39, 0.29) is 23.4 Å².